The van der Waals surface area contributed by atoms with E-state index in [-0.39, 0.29) is 12.5 Å². The van der Waals surface area contributed by atoms with E-state index in [1.165, 1.54) is 0 Å². The fourth-order valence-corrected chi connectivity index (χ4v) is 2.70. The van der Waals surface area contributed by atoms with Gasteiger partial charge in [-0.1, -0.05) is 54.1 Å². The normalized spacial score (nSPS) is 12.5. The standard InChI is InChI=1S/C20H22ClN3O4/c1-13(15-7-9-16(21)10-8-15)23-18(25)12-28-19(26)17(24-20(22)27)11-14-5-3-2-4-6-14/h2-10,13,17H,11-12H2,1H3,(H,23,25)(H3,22,24,27)/t13-,17-/m0/s1. The second-order valence-electron chi connectivity index (χ2n) is 6.20. The quantitative estimate of drug-likeness (QED) is 0.587. The fourth-order valence-electron chi connectivity index (χ4n) is 2.57. The van der Waals surface area contributed by atoms with Crippen molar-refractivity contribution in [1.82, 2.24) is 10.6 Å². The van der Waals surface area contributed by atoms with Gasteiger partial charge in [0.05, 0.1) is 6.04 Å². The molecule has 0 aliphatic heterocycles. The average Bonchev–Trinajstić information content (AvgIpc) is 2.66. The second kappa shape index (κ2) is 10.3. The number of hydrogen-bond donors (Lipinski definition) is 3. The van der Waals surface area contributed by atoms with Gasteiger partial charge in [-0.25, -0.2) is 9.59 Å². The molecule has 28 heavy (non-hydrogen) atoms. The molecule has 4 N–H and O–H groups in total. The lowest BCUT2D eigenvalue weighted by atomic mass is 10.1. The predicted octanol–water partition coefficient (Wildman–Crippen LogP) is 2.34. The molecular weight excluding hydrogens is 382 g/mol. The Kier molecular flexibility index (Phi) is 7.83. The summed E-state index contributed by atoms with van der Waals surface area (Å²) < 4.78 is 5.05. The molecule has 148 valence electrons. The topological polar surface area (TPSA) is 111 Å². The number of benzene rings is 2. The van der Waals surface area contributed by atoms with Crippen LogP contribution in [0.2, 0.25) is 5.02 Å². The lowest BCUT2D eigenvalue weighted by molar-refractivity contribution is -0.150. The van der Waals surface area contributed by atoms with Gasteiger partial charge in [-0.05, 0) is 30.2 Å². The van der Waals surface area contributed by atoms with Crippen LogP contribution < -0.4 is 16.4 Å². The van der Waals surface area contributed by atoms with Crippen LogP contribution >= 0.6 is 11.6 Å². The van der Waals surface area contributed by atoms with Crippen molar-refractivity contribution >= 4 is 29.5 Å². The predicted molar refractivity (Wildman–Crippen MR) is 106 cm³/mol. The average molecular weight is 404 g/mol. The zero-order valence-corrected chi connectivity index (χ0v) is 16.1. The molecule has 2 aromatic carbocycles. The first-order valence-corrected chi connectivity index (χ1v) is 9.04. The van der Waals surface area contributed by atoms with E-state index >= 15 is 0 Å². The number of rotatable bonds is 8. The number of nitrogens with two attached hydrogens (primary N) is 1. The number of ether oxygens (including phenoxy) is 1. The summed E-state index contributed by atoms with van der Waals surface area (Å²) >= 11 is 5.85. The van der Waals surface area contributed by atoms with Gasteiger partial charge in [-0.15, -0.1) is 0 Å². The van der Waals surface area contributed by atoms with E-state index in [9.17, 15) is 14.4 Å². The van der Waals surface area contributed by atoms with Gasteiger partial charge in [0.15, 0.2) is 6.61 Å². The van der Waals surface area contributed by atoms with Gasteiger partial charge < -0.3 is 21.1 Å². The molecule has 0 heterocycles. The number of esters is 1. The molecule has 2 atom stereocenters. The van der Waals surface area contributed by atoms with Crippen molar-refractivity contribution in [2.45, 2.75) is 25.4 Å². The second-order valence-corrected chi connectivity index (χ2v) is 6.64. The van der Waals surface area contributed by atoms with Crippen molar-refractivity contribution in [3.05, 3.63) is 70.7 Å². The summed E-state index contributed by atoms with van der Waals surface area (Å²) in [7, 11) is 0. The first-order valence-electron chi connectivity index (χ1n) is 8.66. The Labute approximate surface area is 168 Å². The summed E-state index contributed by atoms with van der Waals surface area (Å²) in [5.74, 6) is -1.20. The molecule has 8 heteroatoms. The van der Waals surface area contributed by atoms with Crippen molar-refractivity contribution < 1.29 is 19.1 Å². The van der Waals surface area contributed by atoms with Crippen LogP contribution in [0, 0.1) is 0 Å². The third-order valence-corrected chi connectivity index (χ3v) is 4.23. The van der Waals surface area contributed by atoms with Crippen molar-refractivity contribution in [2.24, 2.45) is 5.73 Å². The van der Waals surface area contributed by atoms with E-state index in [4.69, 9.17) is 22.1 Å². The monoisotopic (exact) mass is 403 g/mol. The van der Waals surface area contributed by atoms with Gasteiger partial charge in [0.1, 0.15) is 6.04 Å². The number of carbonyl (C=O) groups is 3. The highest BCUT2D eigenvalue weighted by molar-refractivity contribution is 6.30. The molecular formula is C20H22ClN3O4. The largest absolute Gasteiger partial charge is 0.454 e. The summed E-state index contributed by atoms with van der Waals surface area (Å²) in [4.78, 5) is 35.6. The van der Waals surface area contributed by atoms with Crippen LogP contribution in [0.4, 0.5) is 4.79 Å². The minimum atomic E-state index is -0.985. The highest BCUT2D eigenvalue weighted by atomic mass is 35.5. The number of hydrogen-bond acceptors (Lipinski definition) is 4. The molecule has 0 bridgehead atoms. The lowest BCUT2D eigenvalue weighted by Crippen LogP contribution is -2.46. The molecule has 0 spiro atoms. The van der Waals surface area contributed by atoms with Crippen LogP contribution in [0.25, 0.3) is 0 Å². The number of amides is 3. The summed E-state index contributed by atoms with van der Waals surface area (Å²) in [6.45, 7) is 1.33. The summed E-state index contributed by atoms with van der Waals surface area (Å²) in [5.41, 5.74) is 6.82. The minimum absolute atomic E-state index is 0.200. The molecule has 2 rings (SSSR count). The first kappa shape index (κ1) is 21.2. The number of carbonyl (C=O) groups excluding carboxylic acids is 3. The summed E-state index contributed by atoms with van der Waals surface area (Å²) in [6.07, 6.45) is 0.200. The molecule has 3 amide bonds. The first-order chi connectivity index (χ1) is 13.3. The zero-order valence-electron chi connectivity index (χ0n) is 15.4. The molecule has 0 unspecified atom stereocenters. The van der Waals surface area contributed by atoms with Gasteiger partial charge in [-0.3, -0.25) is 4.79 Å². The molecule has 0 fully saturated rings. The molecule has 0 aromatic heterocycles. The highest BCUT2D eigenvalue weighted by Crippen LogP contribution is 2.15. The van der Waals surface area contributed by atoms with Crippen LogP contribution in [0.15, 0.2) is 54.6 Å². The number of primary amides is 1. The fraction of sp³-hybridized carbons (Fsp3) is 0.250. The zero-order chi connectivity index (χ0) is 20.5. The van der Waals surface area contributed by atoms with Gasteiger partial charge in [0.2, 0.25) is 0 Å². The van der Waals surface area contributed by atoms with Crippen LogP contribution in [0.5, 0.6) is 0 Å². The third-order valence-electron chi connectivity index (χ3n) is 3.98. The van der Waals surface area contributed by atoms with Gasteiger partial charge in [0.25, 0.3) is 5.91 Å². The number of urea groups is 1. The Bertz CT molecular complexity index is 812. The van der Waals surface area contributed by atoms with Crippen LogP contribution in [0.1, 0.15) is 24.1 Å². The Morgan fingerprint density at radius 3 is 2.29 bits per heavy atom. The highest BCUT2D eigenvalue weighted by Gasteiger charge is 2.23. The minimum Gasteiger partial charge on any atom is -0.454 e. The van der Waals surface area contributed by atoms with Crippen LogP contribution in [0.3, 0.4) is 0 Å². The van der Waals surface area contributed by atoms with E-state index in [0.717, 1.165) is 11.1 Å². The molecule has 0 radical (unpaired) electrons. The van der Waals surface area contributed by atoms with Gasteiger partial charge in [0, 0.05) is 11.4 Å². The Hall–Kier alpha value is -3.06. The number of nitrogens with one attached hydrogen (secondary N) is 2. The Morgan fingerprint density at radius 2 is 1.68 bits per heavy atom. The van der Waals surface area contributed by atoms with Crippen LogP contribution in [-0.2, 0) is 20.7 Å². The number of halogens is 1. The van der Waals surface area contributed by atoms with E-state index in [0.29, 0.717) is 5.02 Å². The molecule has 0 aliphatic carbocycles. The van der Waals surface area contributed by atoms with E-state index in [1.54, 1.807) is 31.2 Å². The lowest BCUT2D eigenvalue weighted by Gasteiger charge is -2.18. The molecule has 2 aromatic rings. The van der Waals surface area contributed by atoms with E-state index < -0.39 is 30.6 Å². The van der Waals surface area contributed by atoms with Gasteiger partial charge in [-0.2, -0.15) is 0 Å². The third kappa shape index (κ3) is 6.92. The summed E-state index contributed by atoms with van der Waals surface area (Å²) in [5, 5.41) is 5.67. The molecule has 0 saturated carbocycles. The summed E-state index contributed by atoms with van der Waals surface area (Å²) in [6, 6.07) is 14.0. The van der Waals surface area contributed by atoms with Crippen molar-refractivity contribution in [2.75, 3.05) is 6.61 Å². The molecule has 7 nitrogen and oxygen atoms in total. The smallest absolute Gasteiger partial charge is 0.329 e. The van der Waals surface area contributed by atoms with Gasteiger partial charge >= 0.3 is 12.0 Å². The molecule has 0 saturated heterocycles. The SMILES string of the molecule is C[C@H](NC(=O)COC(=O)[C@H](Cc1ccccc1)NC(N)=O)c1ccc(Cl)cc1. The van der Waals surface area contributed by atoms with Crippen molar-refractivity contribution in [3.8, 4) is 0 Å². The van der Waals surface area contributed by atoms with E-state index in [1.807, 2.05) is 30.3 Å². The van der Waals surface area contributed by atoms with Crippen LogP contribution in [-0.4, -0.2) is 30.6 Å². The van der Waals surface area contributed by atoms with Crippen molar-refractivity contribution in [3.63, 3.8) is 0 Å². The molecule has 0 aliphatic rings. The maximum atomic E-state index is 12.3. The van der Waals surface area contributed by atoms with Crippen molar-refractivity contribution in [1.29, 1.82) is 0 Å². The Balaban J connectivity index is 1.88. The maximum absolute atomic E-state index is 12.3. The Morgan fingerprint density at radius 1 is 1.04 bits per heavy atom. The maximum Gasteiger partial charge on any atom is 0.329 e. The van der Waals surface area contributed by atoms with E-state index in [2.05, 4.69) is 10.6 Å².